The van der Waals surface area contributed by atoms with Crippen LogP contribution in [0.3, 0.4) is 0 Å². The average Bonchev–Trinajstić information content (AvgIpc) is 2.46. The van der Waals surface area contributed by atoms with Crippen molar-refractivity contribution in [1.29, 1.82) is 5.26 Å². The standard InChI is InChI=1S/C16H14F2N2/c1-11(14-4-2-3-5-16(14)18)20-10-13-8-12(9-19)6-7-15(13)17/h2-8,11,20H,10H2,1H3/t11-/m1/s1. The lowest BCUT2D eigenvalue weighted by atomic mass is 10.1. The maximum Gasteiger partial charge on any atom is 0.127 e. The molecule has 0 aliphatic carbocycles. The third-order valence-electron chi connectivity index (χ3n) is 3.15. The number of rotatable bonds is 4. The highest BCUT2D eigenvalue weighted by Gasteiger charge is 2.11. The van der Waals surface area contributed by atoms with E-state index in [0.717, 1.165) is 0 Å². The van der Waals surface area contributed by atoms with Gasteiger partial charge in [-0.25, -0.2) is 8.78 Å². The summed E-state index contributed by atoms with van der Waals surface area (Å²) in [7, 11) is 0. The third-order valence-corrected chi connectivity index (χ3v) is 3.15. The Bertz CT molecular complexity index is 647. The summed E-state index contributed by atoms with van der Waals surface area (Å²) in [6, 6.07) is 12.4. The predicted octanol–water partition coefficient (Wildman–Crippen LogP) is 3.69. The Hall–Kier alpha value is -2.25. The number of hydrogen-bond acceptors (Lipinski definition) is 2. The summed E-state index contributed by atoms with van der Waals surface area (Å²) in [5.74, 6) is -0.670. The summed E-state index contributed by atoms with van der Waals surface area (Å²) in [5, 5.41) is 11.9. The van der Waals surface area contributed by atoms with Gasteiger partial charge in [-0.1, -0.05) is 18.2 Å². The Balaban J connectivity index is 2.09. The highest BCUT2D eigenvalue weighted by Crippen LogP contribution is 2.17. The molecule has 2 nitrogen and oxygen atoms in total. The fraction of sp³-hybridized carbons (Fsp3) is 0.188. The molecule has 0 aliphatic heterocycles. The van der Waals surface area contributed by atoms with E-state index in [-0.39, 0.29) is 24.2 Å². The SMILES string of the molecule is C[C@@H](NCc1cc(C#N)ccc1F)c1ccccc1F. The van der Waals surface area contributed by atoms with Crippen LogP contribution >= 0.6 is 0 Å². The van der Waals surface area contributed by atoms with Crippen molar-refractivity contribution < 1.29 is 8.78 Å². The van der Waals surface area contributed by atoms with E-state index in [9.17, 15) is 8.78 Å². The molecule has 20 heavy (non-hydrogen) atoms. The summed E-state index contributed by atoms with van der Waals surface area (Å²) >= 11 is 0. The maximum atomic E-state index is 13.6. The lowest BCUT2D eigenvalue weighted by Crippen LogP contribution is -2.19. The summed E-state index contributed by atoms with van der Waals surface area (Å²) < 4.78 is 27.2. The fourth-order valence-electron chi connectivity index (χ4n) is 1.98. The van der Waals surface area contributed by atoms with Crippen molar-refractivity contribution >= 4 is 0 Å². The summed E-state index contributed by atoms with van der Waals surface area (Å²) in [5.41, 5.74) is 1.33. The second kappa shape index (κ2) is 6.27. The number of nitrogens with zero attached hydrogens (tertiary/aromatic N) is 1. The minimum Gasteiger partial charge on any atom is -0.306 e. The predicted molar refractivity (Wildman–Crippen MR) is 72.8 cm³/mol. The van der Waals surface area contributed by atoms with E-state index in [1.807, 2.05) is 13.0 Å². The van der Waals surface area contributed by atoms with E-state index in [2.05, 4.69) is 5.32 Å². The molecule has 1 atom stereocenters. The molecule has 0 saturated heterocycles. The molecule has 0 amide bonds. The van der Waals surface area contributed by atoms with Crippen molar-refractivity contribution in [2.24, 2.45) is 0 Å². The molecule has 0 aromatic heterocycles. The Morgan fingerprint density at radius 2 is 1.90 bits per heavy atom. The van der Waals surface area contributed by atoms with Crippen LogP contribution in [0.25, 0.3) is 0 Å². The van der Waals surface area contributed by atoms with Gasteiger partial charge in [0.05, 0.1) is 11.6 Å². The molecule has 0 spiro atoms. The van der Waals surface area contributed by atoms with E-state index >= 15 is 0 Å². The monoisotopic (exact) mass is 272 g/mol. The van der Waals surface area contributed by atoms with Crippen LogP contribution in [0.4, 0.5) is 8.78 Å². The van der Waals surface area contributed by atoms with Gasteiger partial charge in [0, 0.05) is 23.7 Å². The minimum atomic E-state index is -0.378. The molecular weight excluding hydrogens is 258 g/mol. The topological polar surface area (TPSA) is 35.8 Å². The molecule has 2 aromatic carbocycles. The van der Waals surface area contributed by atoms with Crippen LogP contribution in [0.1, 0.15) is 29.7 Å². The van der Waals surface area contributed by atoms with E-state index in [1.54, 1.807) is 18.2 Å². The number of hydrogen-bond donors (Lipinski definition) is 1. The quantitative estimate of drug-likeness (QED) is 0.921. The molecular formula is C16H14F2N2. The van der Waals surface area contributed by atoms with Crippen LogP contribution in [0.5, 0.6) is 0 Å². The normalized spacial score (nSPS) is 11.9. The first-order valence-electron chi connectivity index (χ1n) is 6.28. The third kappa shape index (κ3) is 3.19. The Morgan fingerprint density at radius 3 is 2.60 bits per heavy atom. The van der Waals surface area contributed by atoms with Gasteiger partial charge in [0.1, 0.15) is 11.6 Å². The number of nitrogens with one attached hydrogen (secondary N) is 1. The van der Waals surface area contributed by atoms with Crippen molar-refractivity contribution in [2.75, 3.05) is 0 Å². The second-order valence-corrected chi connectivity index (χ2v) is 4.54. The van der Waals surface area contributed by atoms with Crippen LogP contribution in [-0.2, 0) is 6.54 Å². The Morgan fingerprint density at radius 1 is 1.15 bits per heavy atom. The van der Waals surface area contributed by atoms with E-state index in [1.165, 1.54) is 24.3 Å². The zero-order valence-corrected chi connectivity index (χ0v) is 11.0. The van der Waals surface area contributed by atoms with Crippen molar-refractivity contribution in [2.45, 2.75) is 19.5 Å². The van der Waals surface area contributed by atoms with Crippen LogP contribution in [0.2, 0.25) is 0 Å². The molecule has 0 heterocycles. The molecule has 0 radical (unpaired) electrons. The van der Waals surface area contributed by atoms with Crippen molar-refractivity contribution in [3.63, 3.8) is 0 Å². The van der Waals surface area contributed by atoms with Gasteiger partial charge in [-0.3, -0.25) is 0 Å². The Labute approximate surface area is 116 Å². The van der Waals surface area contributed by atoms with Crippen LogP contribution in [0, 0.1) is 23.0 Å². The number of benzene rings is 2. The average molecular weight is 272 g/mol. The molecule has 0 saturated carbocycles. The molecule has 0 unspecified atom stereocenters. The van der Waals surface area contributed by atoms with Gasteiger partial charge in [0.25, 0.3) is 0 Å². The largest absolute Gasteiger partial charge is 0.306 e. The molecule has 0 fully saturated rings. The summed E-state index contributed by atoms with van der Waals surface area (Å²) in [6.45, 7) is 2.04. The zero-order chi connectivity index (χ0) is 14.5. The van der Waals surface area contributed by atoms with Gasteiger partial charge in [0.15, 0.2) is 0 Å². The molecule has 1 N–H and O–H groups in total. The highest BCUT2D eigenvalue weighted by atomic mass is 19.1. The lowest BCUT2D eigenvalue weighted by Gasteiger charge is -2.15. The van der Waals surface area contributed by atoms with Gasteiger partial charge in [-0.15, -0.1) is 0 Å². The second-order valence-electron chi connectivity index (χ2n) is 4.54. The van der Waals surface area contributed by atoms with Crippen LogP contribution < -0.4 is 5.32 Å². The smallest absolute Gasteiger partial charge is 0.127 e. The van der Waals surface area contributed by atoms with Gasteiger partial charge >= 0.3 is 0 Å². The molecule has 4 heteroatoms. The van der Waals surface area contributed by atoms with Gasteiger partial charge in [-0.05, 0) is 31.2 Å². The fourth-order valence-corrected chi connectivity index (χ4v) is 1.98. The molecule has 0 aliphatic rings. The molecule has 2 aromatic rings. The first-order valence-corrected chi connectivity index (χ1v) is 6.28. The van der Waals surface area contributed by atoms with Gasteiger partial charge in [-0.2, -0.15) is 5.26 Å². The molecule has 102 valence electrons. The first kappa shape index (κ1) is 14.2. The minimum absolute atomic E-state index is 0.233. The number of halogens is 2. The molecule has 0 bridgehead atoms. The number of nitriles is 1. The first-order chi connectivity index (χ1) is 9.61. The molecule has 2 rings (SSSR count). The lowest BCUT2D eigenvalue weighted by molar-refractivity contribution is 0.515. The summed E-state index contributed by atoms with van der Waals surface area (Å²) in [4.78, 5) is 0. The Kier molecular flexibility index (Phi) is 4.44. The van der Waals surface area contributed by atoms with Gasteiger partial charge < -0.3 is 5.32 Å². The van der Waals surface area contributed by atoms with Crippen LogP contribution in [0.15, 0.2) is 42.5 Å². The maximum absolute atomic E-state index is 13.6. The van der Waals surface area contributed by atoms with Crippen molar-refractivity contribution in [3.8, 4) is 6.07 Å². The zero-order valence-electron chi connectivity index (χ0n) is 11.0. The van der Waals surface area contributed by atoms with E-state index in [4.69, 9.17) is 5.26 Å². The summed E-state index contributed by atoms with van der Waals surface area (Å²) in [6.07, 6.45) is 0. The van der Waals surface area contributed by atoms with Crippen LogP contribution in [-0.4, -0.2) is 0 Å². The highest BCUT2D eigenvalue weighted by molar-refractivity contribution is 5.33. The van der Waals surface area contributed by atoms with Crippen molar-refractivity contribution in [1.82, 2.24) is 5.32 Å². The van der Waals surface area contributed by atoms with Gasteiger partial charge in [0.2, 0.25) is 0 Å². The van der Waals surface area contributed by atoms with E-state index in [0.29, 0.717) is 16.7 Å². The van der Waals surface area contributed by atoms with E-state index < -0.39 is 0 Å². The van der Waals surface area contributed by atoms with Crippen molar-refractivity contribution in [3.05, 3.63) is 70.8 Å².